The Morgan fingerprint density at radius 1 is 0.444 bits per heavy atom. The summed E-state index contributed by atoms with van der Waals surface area (Å²) in [5, 5.41) is 2.18. The summed E-state index contributed by atoms with van der Waals surface area (Å²) in [6.45, 7) is 0. The molecule has 6 nitrogen and oxygen atoms in total. The molecule has 0 N–H and O–H groups in total. The molecule has 3 heterocycles. The molecule has 9 rings (SSSR count). The molecular formula is C39H25N5O. The Hall–Kier alpha value is -6.27. The van der Waals surface area contributed by atoms with Crippen molar-refractivity contribution in [3.63, 3.8) is 0 Å². The molecule has 0 spiro atoms. The summed E-state index contributed by atoms with van der Waals surface area (Å²) in [6.07, 6.45) is 0. The predicted molar refractivity (Wildman–Crippen MR) is 180 cm³/mol. The molecule has 2 aromatic heterocycles. The molecule has 8 aromatic rings. The Kier molecular flexibility index (Phi) is 5.71. The highest BCUT2D eigenvalue weighted by Crippen LogP contribution is 2.52. The Morgan fingerprint density at radius 3 is 1.76 bits per heavy atom. The second-order valence-electron chi connectivity index (χ2n) is 10.9. The lowest BCUT2D eigenvalue weighted by Gasteiger charge is -2.33. The fourth-order valence-corrected chi connectivity index (χ4v) is 6.19. The van der Waals surface area contributed by atoms with Crippen LogP contribution in [0.1, 0.15) is 0 Å². The molecule has 0 aliphatic carbocycles. The molecule has 1 aliphatic rings. The molecule has 6 heteroatoms. The number of hydrogen-bond acceptors (Lipinski definition) is 5. The molecule has 0 fully saturated rings. The summed E-state index contributed by atoms with van der Waals surface area (Å²) in [5.74, 6) is 3.33. The van der Waals surface area contributed by atoms with E-state index in [-0.39, 0.29) is 0 Å². The van der Waals surface area contributed by atoms with Gasteiger partial charge in [-0.2, -0.15) is 9.97 Å². The van der Waals surface area contributed by atoms with Gasteiger partial charge in [-0.25, -0.2) is 4.98 Å². The summed E-state index contributed by atoms with van der Waals surface area (Å²) in [4.78, 5) is 17.3. The molecule has 6 aromatic carbocycles. The van der Waals surface area contributed by atoms with Crippen LogP contribution in [0.3, 0.4) is 0 Å². The van der Waals surface area contributed by atoms with E-state index in [1.165, 1.54) is 0 Å². The van der Waals surface area contributed by atoms with E-state index >= 15 is 0 Å². The van der Waals surface area contributed by atoms with Crippen molar-refractivity contribution >= 4 is 38.9 Å². The first kappa shape index (κ1) is 25.2. The number of para-hydroxylation sites is 4. The normalized spacial score (nSPS) is 12.1. The Balaban J connectivity index is 1.33. The van der Waals surface area contributed by atoms with E-state index in [9.17, 15) is 0 Å². The maximum atomic E-state index is 6.60. The minimum Gasteiger partial charge on any atom is -0.453 e. The summed E-state index contributed by atoms with van der Waals surface area (Å²) in [5.41, 5.74) is 6.84. The van der Waals surface area contributed by atoms with Crippen LogP contribution in [0.15, 0.2) is 152 Å². The van der Waals surface area contributed by atoms with Gasteiger partial charge >= 0.3 is 0 Å². The zero-order chi connectivity index (χ0) is 29.7. The average molecular weight is 580 g/mol. The zero-order valence-electron chi connectivity index (χ0n) is 24.1. The maximum absolute atomic E-state index is 6.60. The smallest absolute Gasteiger partial charge is 0.238 e. The van der Waals surface area contributed by atoms with Gasteiger partial charge in [0.2, 0.25) is 5.95 Å². The van der Waals surface area contributed by atoms with Gasteiger partial charge in [-0.1, -0.05) is 109 Å². The highest BCUT2D eigenvalue weighted by atomic mass is 16.5. The molecule has 45 heavy (non-hydrogen) atoms. The Bertz CT molecular complexity index is 2290. The molecule has 212 valence electrons. The van der Waals surface area contributed by atoms with E-state index in [1.807, 2.05) is 84.9 Å². The lowest BCUT2D eigenvalue weighted by atomic mass is 10.1. The van der Waals surface area contributed by atoms with Crippen molar-refractivity contribution in [3.05, 3.63) is 152 Å². The lowest BCUT2D eigenvalue weighted by Crippen LogP contribution is -2.15. The van der Waals surface area contributed by atoms with Crippen LogP contribution in [0.4, 0.5) is 17.1 Å². The fraction of sp³-hybridized carbons (Fsp3) is 0. The molecule has 1 aliphatic heterocycles. The van der Waals surface area contributed by atoms with Gasteiger partial charge < -0.3 is 9.64 Å². The van der Waals surface area contributed by atoms with Crippen molar-refractivity contribution in [1.29, 1.82) is 0 Å². The van der Waals surface area contributed by atoms with Gasteiger partial charge in [0.15, 0.2) is 23.1 Å². The van der Waals surface area contributed by atoms with E-state index in [4.69, 9.17) is 19.7 Å². The topological polar surface area (TPSA) is 56.1 Å². The van der Waals surface area contributed by atoms with Crippen LogP contribution in [0, 0.1) is 0 Å². The highest BCUT2D eigenvalue weighted by molar-refractivity contribution is 6.11. The zero-order valence-corrected chi connectivity index (χ0v) is 24.1. The van der Waals surface area contributed by atoms with E-state index < -0.39 is 0 Å². The molecule has 0 bridgehead atoms. The summed E-state index contributed by atoms with van der Waals surface area (Å²) >= 11 is 0. The van der Waals surface area contributed by atoms with E-state index in [2.05, 4.69) is 76.2 Å². The van der Waals surface area contributed by atoms with Crippen molar-refractivity contribution < 1.29 is 4.74 Å². The molecule has 0 atom stereocenters. The minimum absolute atomic E-state index is 0.546. The molecule has 0 saturated carbocycles. The third kappa shape index (κ3) is 4.15. The SMILES string of the molecule is c1ccc(-c2nc(-c3ccccc3)nc(-n3c4ccccc4c4cc5c(cc43)Oc3ccccc3N5c3ccccc3)n2)cc1. The van der Waals surface area contributed by atoms with E-state index in [0.717, 1.165) is 61.5 Å². The van der Waals surface area contributed by atoms with Crippen LogP contribution in [0.2, 0.25) is 0 Å². The second kappa shape index (κ2) is 10.2. The van der Waals surface area contributed by atoms with Crippen LogP contribution in [-0.4, -0.2) is 19.5 Å². The number of fused-ring (bicyclic) bond motifs is 5. The van der Waals surface area contributed by atoms with Crippen LogP contribution in [0.5, 0.6) is 11.5 Å². The third-order valence-electron chi connectivity index (χ3n) is 8.22. The van der Waals surface area contributed by atoms with Gasteiger partial charge in [-0.15, -0.1) is 0 Å². The minimum atomic E-state index is 0.546. The standard InChI is InChI=1S/C39H25N5O/c1-4-14-26(15-5-1)37-40-38(27-16-6-2-7-17-27)42-39(41-37)44-31-21-11-10-20-29(31)30-24-34-36(25-33(30)44)45-35-23-13-12-22-32(35)43(34)28-18-8-3-9-19-28/h1-25H. The highest BCUT2D eigenvalue weighted by Gasteiger charge is 2.28. The molecule has 0 saturated heterocycles. The number of benzene rings is 6. The van der Waals surface area contributed by atoms with Crippen LogP contribution >= 0.6 is 0 Å². The van der Waals surface area contributed by atoms with Gasteiger partial charge in [0, 0.05) is 33.7 Å². The van der Waals surface area contributed by atoms with Crippen LogP contribution < -0.4 is 9.64 Å². The molecule has 0 radical (unpaired) electrons. The van der Waals surface area contributed by atoms with Gasteiger partial charge in [-0.05, 0) is 36.4 Å². The second-order valence-corrected chi connectivity index (χ2v) is 10.9. The van der Waals surface area contributed by atoms with Crippen molar-refractivity contribution in [1.82, 2.24) is 19.5 Å². The van der Waals surface area contributed by atoms with Crippen LogP contribution in [0.25, 0.3) is 50.5 Å². The Morgan fingerprint density at radius 2 is 1.04 bits per heavy atom. The molecule has 0 unspecified atom stereocenters. The monoisotopic (exact) mass is 579 g/mol. The van der Waals surface area contributed by atoms with Crippen molar-refractivity contribution in [2.45, 2.75) is 0 Å². The predicted octanol–water partition coefficient (Wildman–Crippen LogP) is 9.88. The summed E-state index contributed by atoms with van der Waals surface area (Å²) in [7, 11) is 0. The van der Waals surface area contributed by atoms with Crippen LogP contribution in [-0.2, 0) is 0 Å². The van der Waals surface area contributed by atoms with Gasteiger partial charge in [0.25, 0.3) is 0 Å². The third-order valence-corrected chi connectivity index (χ3v) is 8.22. The van der Waals surface area contributed by atoms with Gasteiger partial charge in [0.05, 0.1) is 22.4 Å². The Labute approximate surface area is 259 Å². The summed E-state index contributed by atoms with van der Waals surface area (Å²) < 4.78 is 8.73. The van der Waals surface area contributed by atoms with Crippen molar-refractivity contribution in [2.24, 2.45) is 0 Å². The van der Waals surface area contributed by atoms with E-state index in [1.54, 1.807) is 0 Å². The lowest BCUT2D eigenvalue weighted by molar-refractivity contribution is 0.477. The molecule has 0 amide bonds. The number of nitrogens with zero attached hydrogens (tertiary/aromatic N) is 5. The number of hydrogen-bond donors (Lipinski definition) is 0. The maximum Gasteiger partial charge on any atom is 0.238 e. The summed E-state index contributed by atoms with van der Waals surface area (Å²) in [6, 6.07) is 51.4. The number of rotatable bonds is 4. The van der Waals surface area contributed by atoms with E-state index in [0.29, 0.717) is 17.6 Å². The van der Waals surface area contributed by atoms with Gasteiger partial charge in [0.1, 0.15) is 0 Å². The number of ether oxygens (including phenoxy) is 1. The van der Waals surface area contributed by atoms with Crippen molar-refractivity contribution in [2.75, 3.05) is 4.90 Å². The quantitative estimate of drug-likeness (QED) is 0.208. The fourth-order valence-electron chi connectivity index (χ4n) is 6.19. The number of aromatic nitrogens is 4. The van der Waals surface area contributed by atoms with Crippen molar-refractivity contribution in [3.8, 4) is 40.2 Å². The number of anilines is 3. The largest absolute Gasteiger partial charge is 0.453 e. The van der Waals surface area contributed by atoms with Gasteiger partial charge in [-0.3, -0.25) is 4.57 Å². The first-order chi connectivity index (χ1) is 22.3. The molecular weight excluding hydrogens is 554 g/mol. The average Bonchev–Trinajstić information content (AvgIpc) is 3.43. The first-order valence-electron chi connectivity index (χ1n) is 14.9. The first-order valence-corrected chi connectivity index (χ1v) is 14.9.